The molecule has 0 fully saturated rings. The molecule has 1 aromatic rings. The van der Waals surface area contributed by atoms with E-state index in [2.05, 4.69) is 5.32 Å². The van der Waals surface area contributed by atoms with Crippen LogP contribution in [0.5, 0.6) is 5.75 Å². The third-order valence-corrected chi connectivity index (χ3v) is 2.52. The lowest BCUT2D eigenvalue weighted by Crippen LogP contribution is -2.49. The van der Waals surface area contributed by atoms with E-state index in [0.717, 1.165) is 0 Å². The van der Waals surface area contributed by atoms with Crippen molar-refractivity contribution in [2.45, 2.75) is 26.8 Å². The van der Waals surface area contributed by atoms with Gasteiger partial charge in [0.25, 0.3) is 5.91 Å². The molecule has 0 saturated heterocycles. The highest BCUT2D eigenvalue weighted by atomic mass is 16.4. The molecule has 0 unspecified atom stereocenters. The number of amides is 1. The first-order chi connectivity index (χ1) is 8.21. The van der Waals surface area contributed by atoms with Crippen LogP contribution in [0.25, 0.3) is 0 Å². The molecule has 0 aliphatic carbocycles. The van der Waals surface area contributed by atoms with E-state index in [-0.39, 0.29) is 5.75 Å². The van der Waals surface area contributed by atoms with E-state index in [1.54, 1.807) is 20.8 Å². The summed E-state index contributed by atoms with van der Waals surface area (Å²) in [5.41, 5.74) is -0.276. The number of benzene rings is 1. The minimum atomic E-state index is -1.07. The summed E-state index contributed by atoms with van der Waals surface area (Å²) in [5.74, 6) is -1.50. The zero-order valence-electron chi connectivity index (χ0n) is 10.6. The van der Waals surface area contributed by atoms with Gasteiger partial charge < -0.3 is 15.5 Å². The van der Waals surface area contributed by atoms with Gasteiger partial charge in [0.2, 0.25) is 0 Å². The third-order valence-electron chi connectivity index (χ3n) is 2.52. The summed E-state index contributed by atoms with van der Waals surface area (Å²) in [7, 11) is 0. The Morgan fingerprint density at radius 1 is 1.17 bits per heavy atom. The molecule has 5 heteroatoms. The van der Waals surface area contributed by atoms with Crippen molar-refractivity contribution >= 4 is 11.9 Å². The van der Waals surface area contributed by atoms with Crippen LogP contribution in [-0.2, 0) is 4.79 Å². The lowest BCUT2D eigenvalue weighted by molar-refractivity contribution is -0.142. The highest BCUT2D eigenvalue weighted by Gasteiger charge is 2.32. The smallest absolute Gasteiger partial charge is 0.326 e. The summed E-state index contributed by atoms with van der Waals surface area (Å²) >= 11 is 0. The number of carbonyl (C=O) groups is 2. The maximum atomic E-state index is 11.9. The summed E-state index contributed by atoms with van der Waals surface area (Å²) < 4.78 is 0. The Hall–Kier alpha value is -2.04. The minimum absolute atomic E-state index is 0.0529. The number of rotatable bonds is 3. The van der Waals surface area contributed by atoms with E-state index in [1.165, 1.54) is 24.3 Å². The van der Waals surface area contributed by atoms with Gasteiger partial charge in [-0.3, -0.25) is 4.79 Å². The van der Waals surface area contributed by atoms with Crippen LogP contribution in [0.3, 0.4) is 0 Å². The number of carboxylic acids is 1. The van der Waals surface area contributed by atoms with Crippen LogP contribution < -0.4 is 5.32 Å². The molecule has 1 rings (SSSR count). The van der Waals surface area contributed by atoms with E-state index in [1.807, 2.05) is 0 Å². The van der Waals surface area contributed by atoms with Crippen LogP contribution in [0.1, 0.15) is 31.1 Å². The second-order valence-electron chi connectivity index (χ2n) is 5.16. The fourth-order valence-electron chi connectivity index (χ4n) is 1.48. The lowest BCUT2D eigenvalue weighted by Gasteiger charge is -2.27. The molecule has 0 radical (unpaired) electrons. The standard InChI is InChI=1S/C13H17NO4/c1-13(2,3)10(12(17)18)14-11(16)8-4-6-9(15)7-5-8/h4-7,10,15H,1-3H3,(H,14,16)(H,17,18)/t10-/m1/s1. The van der Waals surface area contributed by atoms with E-state index in [4.69, 9.17) is 10.2 Å². The molecule has 3 N–H and O–H groups in total. The number of carbonyl (C=O) groups excluding carboxylic acids is 1. The third kappa shape index (κ3) is 3.48. The average Bonchev–Trinajstić information content (AvgIpc) is 2.24. The monoisotopic (exact) mass is 251 g/mol. The van der Waals surface area contributed by atoms with Gasteiger partial charge in [0, 0.05) is 5.56 Å². The first-order valence-corrected chi connectivity index (χ1v) is 5.54. The number of phenolic OH excluding ortho intramolecular Hbond substituents is 1. The van der Waals surface area contributed by atoms with Crippen LogP contribution in [0.15, 0.2) is 24.3 Å². The largest absolute Gasteiger partial charge is 0.508 e. The predicted octanol–water partition coefficient (Wildman–Crippen LogP) is 1.62. The fraction of sp³-hybridized carbons (Fsp3) is 0.385. The maximum absolute atomic E-state index is 11.9. The van der Waals surface area contributed by atoms with Crippen molar-refractivity contribution in [3.63, 3.8) is 0 Å². The molecule has 1 aromatic carbocycles. The van der Waals surface area contributed by atoms with Crippen molar-refractivity contribution in [2.24, 2.45) is 5.41 Å². The minimum Gasteiger partial charge on any atom is -0.508 e. The van der Waals surface area contributed by atoms with Gasteiger partial charge in [0.1, 0.15) is 11.8 Å². The number of carboxylic acid groups (broad SMARTS) is 1. The molecule has 1 amide bonds. The van der Waals surface area contributed by atoms with Gasteiger partial charge in [0.05, 0.1) is 0 Å². The van der Waals surface area contributed by atoms with Gasteiger partial charge >= 0.3 is 5.97 Å². The molecule has 0 saturated carbocycles. The Balaban J connectivity index is 2.86. The predicted molar refractivity (Wildman–Crippen MR) is 66.5 cm³/mol. The molecular formula is C13H17NO4. The van der Waals surface area contributed by atoms with Gasteiger partial charge in [-0.15, -0.1) is 0 Å². The Morgan fingerprint density at radius 3 is 2.06 bits per heavy atom. The fourth-order valence-corrected chi connectivity index (χ4v) is 1.48. The van der Waals surface area contributed by atoms with Gasteiger partial charge in [-0.2, -0.15) is 0 Å². The number of aliphatic carboxylic acids is 1. The number of hydrogen-bond acceptors (Lipinski definition) is 3. The first kappa shape index (κ1) is 14.0. The molecule has 0 bridgehead atoms. The molecule has 0 aromatic heterocycles. The Kier molecular flexibility index (Phi) is 3.96. The summed E-state index contributed by atoms with van der Waals surface area (Å²) in [5, 5.41) is 20.7. The molecule has 5 nitrogen and oxygen atoms in total. The number of nitrogens with one attached hydrogen (secondary N) is 1. The van der Waals surface area contributed by atoms with Crippen LogP contribution in [0.4, 0.5) is 0 Å². The summed E-state index contributed by atoms with van der Waals surface area (Å²) in [4.78, 5) is 23.0. The zero-order chi connectivity index (χ0) is 13.9. The molecular weight excluding hydrogens is 234 g/mol. The van der Waals surface area contributed by atoms with Crippen LogP contribution in [0, 0.1) is 5.41 Å². The second-order valence-corrected chi connectivity index (χ2v) is 5.16. The molecule has 18 heavy (non-hydrogen) atoms. The maximum Gasteiger partial charge on any atom is 0.326 e. The highest BCUT2D eigenvalue weighted by molar-refractivity contribution is 5.96. The van der Waals surface area contributed by atoms with Crippen molar-refractivity contribution in [3.8, 4) is 5.75 Å². The van der Waals surface area contributed by atoms with E-state index in [0.29, 0.717) is 5.56 Å². The number of phenols is 1. The van der Waals surface area contributed by atoms with Gasteiger partial charge in [0.15, 0.2) is 0 Å². The summed E-state index contributed by atoms with van der Waals surface area (Å²) in [6.45, 7) is 5.22. The molecule has 0 spiro atoms. The van der Waals surface area contributed by atoms with Crippen molar-refractivity contribution < 1.29 is 19.8 Å². The van der Waals surface area contributed by atoms with Crippen LogP contribution in [-0.4, -0.2) is 28.1 Å². The summed E-state index contributed by atoms with van der Waals surface area (Å²) in [6, 6.07) is 4.65. The summed E-state index contributed by atoms with van der Waals surface area (Å²) in [6.07, 6.45) is 0. The zero-order valence-corrected chi connectivity index (χ0v) is 10.6. The average molecular weight is 251 g/mol. The van der Waals surface area contributed by atoms with E-state index < -0.39 is 23.3 Å². The molecule has 0 heterocycles. The SMILES string of the molecule is CC(C)(C)[C@H](NC(=O)c1ccc(O)cc1)C(=O)O. The van der Waals surface area contributed by atoms with Crippen molar-refractivity contribution in [1.29, 1.82) is 0 Å². The topological polar surface area (TPSA) is 86.6 Å². The van der Waals surface area contributed by atoms with Crippen molar-refractivity contribution in [3.05, 3.63) is 29.8 Å². The molecule has 0 aliphatic rings. The van der Waals surface area contributed by atoms with Gasteiger partial charge in [-0.25, -0.2) is 4.79 Å². The quantitative estimate of drug-likeness (QED) is 0.762. The Labute approximate surface area is 105 Å². The lowest BCUT2D eigenvalue weighted by atomic mass is 9.86. The van der Waals surface area contributed by atoms with Crippen LogP contribution >= 0.6 is 0 Å². The Bertz CT molecular complexity index is 445. The van der Waals surface area contributed by atoms with E-state index >= 15 is 0 Å². The first-order valence-electron chi connectivity index (χ1n) is 5.54. The molecule has 0 aliphatic heterocycles. The van der Waals surface area contributed by atoms with Crippen molar-refractivity contribution in [2.75, 3.05) is 0 Å². The Morgan fingerprint density at radius 2 is 1.67 bits per heavy atom. The highest BCUT2D eigenvalue weighted by Crippen LogP contribution is 2.20. The number of hydrogen-bond donors (Lipinski definition) is 3. The van der Waals surface area contributed by atoms with Gasteiger partial charge in [-0.05, 0) is 29.7 Å². The molecule has 1 atom stereocenters. The molecule has 98 valence electrons. The second kappa shape index (κ2) is 5.08. The van der Waals surface area contributed by atoms with Crippen LogP contribution in [0.2, 0.25) is 0 Å². The van der Waals surface area contributed by atoms with E-state index in [9.17, 15) is 9.59 Å². The normalized spacial score (nSPS) is 12.8. The van der Waals surface area contributed by atoms with Gasteiger partial charge in [-0.1, -0.05) is 20.8 Å². The van der Waals surface area contributed by atoms with Crippen molar-refractivity contribution in [1.82, 2.24) is 5.32 Å². The number of aromatic hydroxyl groups is 1.